The monoisotopic (exact) mass is 385 g/mol. The molecule has 0 bridgehead atoms. The predicted octanol–water partition coefficient (Wildman–Crippen LogP) is 6.04. The van der Waals surface area contributed by atoms with Gasteiger partial charge < -0.3 is 5.32 Å². The second kappa shape index (κ2) is 8.19. The van der Waals surface area contributed by atoms with Crippen molar-refractivity contribution in [2.75, 3.05) is 6.54 Å². The lowest BCUT2D eigenvalue weighted by atomic mass is 9.98. The van der Waals surface area contributed by atoms with Gasteiger partial charge in [-0.3, -0.25) is 0 Å². The maximum Gasteiger partial charge on any atom is 0.0595 e. The average molecular weight is 387 g/mol. The van der Waals surface area contributed by atoms with Crippen molar-refractivity contribution >= 4 is 39.1 Å². The molecule has 0 aliphatic heterocycles. The van der Waals surface area contributed by atoms with Crippen LogP contribution in [0.25, 0.3) is 0 Å². The molecule has 1 N–H and O–H groups in total. The zero-order chi connectivity index (χ0) is 15.2. The molecular weight excluding hydrogens is 369 g/mol. The van der Waals surface area contributed by atoms with Gasteiger partial charge in [-0.1, -0.05) is 60.5 Å². The van der Waals surface area contributed by atoms with E-state index in [1.54, 1.807) is 0 Å². The molecule has 0 spiro atoms. The van der Waals surface area contributed by atoms with E-state index < -0.39 is 0 Å². The fourth-order valence-electron chi connectivity index (χ4n) is 2.28. The lowest BCUT2D eigenvalue weighted by Gasteiger charge is -2.21. The summed E-state index contributed by atoms with van der Waals surface area (Å²) in [7, 11) is 0. The van der Waals surface area contributed by atoms with Gasteiger partial charge in [0.05, 0.1) is 5.02 Å². The number of nitrogens with one attached hydrogen (secondary N) is 1. The summed E-state index contributed by atoms with van der Waals surface area (Å²) in [6.45, 7) is 3.10. The summed E-state index contributed by atoms with van der Waals surface area (Å²) in [6.07, 6.45) is 1.89. The highest BCUT2D eigenvalue weighted by atomic mass is 79.9. The third-order valence-corrected chi connectivity index (χ3v) is 5.06. The van der Waals surface area contributed by atoms with Crippen molar-refractivity contribution in [3.8, 4) is 0 Å². The molecule has 0 fully saturated rings. The molecule has 2 aromatic rings. The van der Waals surface area contributed by atoms with Crippen molar-refractivity contribution in [1.29, 1.82) is 0 Å². The molecule has 1 atom stereocenters. The number of halogens is 3. The van der Waals surface area contributed by atoms with Crippen molar-refractivity contribution in [2.24, 2.45) is 0 Å². The van der Waals surface area contributed by atoms with Crippen LogP contribution in [0.2, 0.25) is 10.0 Å². The molecule has 2 rings (SSSR count). The zero-order valence-corrected chi connectivity index (χ0v) is 15.0. The van der Waals surface area contributed by atoms with Gasteiger partial charge in [0.2, 0.25) is 0 Å². The minimum Gasteiger partial charge on any atom is -0.310 e. The lowest BCUT2D eigenvalue weighted by Crippen LogP contribution is -2.24. The van der Waals surface area contributed by atoms with Gasteiger partial charge in [0.25, 0.3) is 0 Å². The first kappa shape index (κ1) is 16.8. The summed E-state index contributed by atoms with van der Waals surface area (Å²) in [5.74, 6) is 0. The van der Waals surface area contributed by atoms with Crippen LogP contribution in [0.5, 0.6) is 0 Å². The molecule has 2 aromatic carbocycles. The topological polar surface area (TPSA) is 12.0 Å². The van der Waals surface area contributed by atoms with Crippen LogP contribution in [0, 0.1) is 0 Å². The van der Waals surface area contributed by atoms with Crippen LogP contribution in [0.3, 0.4) is 0 Å². The maximum atomic E-state index is 6.45. The number of hydrogen-bond acceptors (Lipinski definition) is 1. The van der Waals surface area contributed by atoms with Crippen LogP contribution < -0.4 is 5.32 Å². The summed E-state index contributed by atoms with van der Waals surface area (Å²) in [6, 6.07) is 14.1. The third-order valence-electron chi connectivity index (χ3n) is 3.38. The van der Waals surface area contributed by atoms with Crippen LogP contribution in [0.15, 0.2) is 46.9 Å². The molecule has 0 saturated carbocycles. The lowest BCUT2D eigenvalue weighted by molar-refractivity contribution is 0.529. The van der Waals surface area contributed by atoms with Crippen LogP contribution in [0.1, 0.15) is 30.5 Å². The molecule has 0 radical (unpaired) electrons. The van der Waals surface area contributed by atoms with Gasteiger partial charge in [-0.15, -0.1) is 0 Å². The zero-order valence-electron chi connectivity index (χ0n) is 11.9. The predicted molar refractivity (Wildman–Crippen MR) is 95.3 cm³/mol. The van der Waals surface area contributed by atoms with E-state index >= 15 is 0 Å². The van der Waals surface area contributed by atoms with E-state index in [9.17, 15) is 0 Å². The van der Waals surface area contributed by atoms with Crippen molar-refractivity contribution in [3.63, 3.8) is 0 Å². The number of hydrogen-bond donors (Lipinski definition) is 1. The Kier molecular flexibility index (Phi) is 6.56. The fraction of sp³-hybridized carbons (Fsp3) is 0.294. The maximum absolute atomic E-state index is 6.45. The molecule has 4 heteroatoms. The Morgan fingerprint density at radius 3 is 2.57 bits per heavy atom. The minimum atomic E-state index is 0.148. The van der Waals surface area contributed by atoms with E-state index in [4.69, 9.17) is 23.2 Å². The highest BCUT2D eigenvalue weighted by molar-refractivity contribution is 9.10. The van der Waals surface area contributed by atoms with Gasteiger partial charge in [-0.05, 0) is 58.6 Å². The van der Waals surface area contributed by atoms with Gasteiger partial charge >= 0.3 is 0 Å². The minimum absolute atomic E-state index is 0.148. The Labute approximate surface area is 144 Å². The van der Waals surface area contributed by atoms with Gasteiger partial charge in [0, 0.05) is 15.5 Å². The van der Waals surface area contributed by atoms with Crippen LogP contribution in [0.4, 0.5) is 0 Å². The van der Waals surface area contributed by atoms with E-state index in [1.807, 2.05) is 30.3 Å². The molecule has 0 saturated heterocycles. The van der Waals surface area contributed by atoms with Crippen LogP contribution >= 0.6 is 39.1 Å². The normalized spacial score (nSPS) is 12.4. The van der Waals surface area contributed by atoms with Gasteiger partial charge in [0.15, 0.2) is 0 Å². The number of benzene rings is 2. The first-order valence-corrected chi connectivity index (χ1v) is 8.59. The Morgan fingerprint density at radius 1 is 1.10 bits per heavy atom. The largest absolute Gasteiger partial charge is 0.310 e. The van der Waals surface area contributed by atoms with Crippen molar-refractivity contribution in [2.45, 2.75) is 25.8 Å². The standard InChI is InChI=1S/C17H18BrCl2N/c1-2-10-21-16(11-12-6-3-4-9-15(12)19)13-7-5-8-14(18)17(13)20/h3-9,16,21H,2,10-11H2,1H3. The molecule has 0 heterocycles. The van der Waals surface area contributed by atoms with E-state index in [0.717, 1.165) is 45.0 Å². The van der Waals surface area contributed by atoms with Gasteiger partial charge in [-0.25, -0.2) is 0 Å². The fourth-order valence-corrected chi connectivity index (χ4v) is 3.14. The molecule has 0 amide bonds. The Hall–Kier alpha value is -0.540. The summed E-state index contributed by atoms with van der Waals surface area (Å²) in [5, 5.41) is 5.13. The van der Waals surface area contributed by atoms with E-state index in [0.29, 0.717) is 0 Å². The summed E-state index contributed by atoms with van der Waals surface area (Å²) in [5.41, 5.74) is 2.23. The summed E-state index contributed by atoms with van der Waals surface area (Å²) >= 11 is 16.2. The Morgan fingerprint density at radius 2 is 1.86 bits per heavy atom. The Bertz CT molecular complexity index is 601. The summed E-state index contributed by atoms with van der Waals surface area (Å²) in [4.78, 5) is 0. The Balaban J connectivity index is 2.30. The van der Waals surface area contributed by atoms with E-state index in [2.05, 4.69) is 40.3 Å². The molecule has 0 aromatic heterocycles. The van der Waals surface area contributed by atoms with Crippen molar-refractivity contribution in [1.82, 2.24) is 5.32 Å². The quantitative estimate of drug-likeness (QED) is 0.638. The summed E-state index contributed by atoms with van der Waals surface area (Å²) < 4.78 is 0.920. The van der Waals surface area contributed by atoms with E-state index in [-0.39, 0.29) is 6.04 Å². The second-order valence-corrected chi connectivity index (χ2v) is 6.58. The molecule has 112 valence electrons. The first-order chi connectivity index (χ1) is 10.1. The van der Waals surface area contributed by atoms with Crippen molar-refractivity contribution < 1.29 is 0 Å². The SMILES string of the molecule is CCCNC(Cc1ccccc1Cl)c1cccc(Br)c1Cl. The molecular formula is C17H18BrCl2N. The smallest absolute Gasteiger partial charge is 0.0595 e. The highest BCUT2D eigenvalue weighted by Gasteiger charge is 2.17. The number of rotatable bonds is 6. The van der Waals surface area contributed by atoms with Gasteiger partial charge in [0.1, 0.15) is 0 Å². The molecule has 1 unspecified atom stereocenters. The first-order valence-electron chi connectivity index (χ1n) is 7.04. The second-order valence-electron chi connectivity index (χ2n) is 4.95. The van der Waals surface area contributed by atoms with Gasteiger partial charge in [-0.2, -0.15) is 0 Å². The van der Waals surface area contributed by atoms with Crippen LogP contribution in [-0.4, -0.2) is 6.54 Å². The molecule has 0 aliphatic carbocycles. The van der Waals surface area contributed by atoms with Crippen molar-refractivity contribution in [3.05, 3.63) is 68.1 Å². The highest BCUT2D eigenvalue weighted by Crippen LogP contribution is 2.32. The van der Waals surface area contributed by atoms with E-state index in [1.165, 1.54) is 0 Å². The third kappa shape index (κ3) is 4.46. The molecule has 0 aliphatic rings. The van der Waals surface area contributed by atoms with Crippen LogP contribution in [-0.2, 0) is 6.42 Å². The average Bonchev–Trinajstić information content (AvgIpc) is 2.48. The molecule has 1 nitrogen and oxygen atoms in total. The molecule has 21 heavy (non-hydrogen) atoms.